The van der Waals surface area contributed by atoms with Crippen LogP contribution in [-0.4, -0.2) is 29.6 Å². The molecule has 9 heteroatoms. The molecule has 4 rings (SSSR count). The van der Waals surface area contributed by atoms with E-state index in [1.165, 1.54) is 18.2 Å². The van der Waals surface area contributed by atoms with Crippen molar-refractivity contribution in [2.75, 3.05) is 11.0 Å². The Morgan fingerprint density at radius 1 is 1.04 bits per heavy atom. The van der Waals surface area contributed by atoms with E-state index in [2.05, 4.69) is 19.7 Å². The van der Waals surface area contributed by atoms with E-state index in [0.29, 0.717) is 22.9 Å². The summed E-state index contributed by atoms with van der Waals surface area (Å²) >= 11 is 1.33. The molecule has 0 amide bonds. The molecule has 0 saturated heterocycles. The molecule has 3 aromatic heterocycles. The molecule has 0 bridgehead atoms. The molecular weight excluding hydrogens is 384 g/mol. The largest absolute Gasteiger partial charge is 0.434 e. The third kappa shape index (κ3) is 3.93. The van der Waals surface area contributed by atoms with Crippen LogP contribution in [0.15, 0.2) is 75.1 Å². The van der Waals surface area contributed by atoms with Crippen molar-refractivity contribution in [3.05, 3.63) is 60.9 Å². The summed E-state index contributed by atoms with van der Waals surface area (Å²) in [6.45, 7) is 0. The van der Waals surface area contributed by atoms with E-state index in [1.54, 1.807) is 42.7 Å². The van der Waals surface area contributed by atoms with Crippen molar-refractivity contribution in [3.63, 3.8) is 0 Å². The van der Waals surface area contributed by atoms with Crippen LogP contribution in [0.2, 0.25) is 0 Å². The molecule has 0 saturated carbocycles. The minimum Gasteiger partial charge on any atom is -0.434 e. The van der Waals surface area contributed by atoms with Crippen LogP contribution in [0.4, 0.5) is 5.82 Å². The molecule has 27 heavy (non-hydrogen) atoms. The Bertz CT molecular complexity index is 1170. The van der Waals surface area contributed by atoms with Crippen LogP contribution in [-0.2, 0) is 9.84 Å². The topological polar surface area (TPSA) is 98.0 Å². The van der Waals surface area contributed by atoms with Crippen LogP contribution >= 0.6 is 11.9 Å². The predicted molar refractivity (Wildman–Crippen MR) is 104 cm³/mol. The second-order valence-electron chi connectivity index (χ2n) is 5.72. The average molecular weight is 398 g/mol. The summed E-state index contributed by atoms with van der Waals surface area (Å²) in [6.07, 6.45) is 4.51. The van der Waals surface area contributed by atoms with Gasteiger partial charge < -0.3 is 9.14 Å². The van der Waals surface area contributed by atoms with Gasteiger partial charge in [0.25, 0.3) is 0 Å². The number of aromatic nitrogens is 3. The summed E-state index contributed by atoms with van der Waals surface area (Å²) < 4.78 is 31.9. The van der Waals surface area contributed by atoms with Crippen molar-refractivity contribution < 1.29 is 12.8 Å². The van der Waals surface area contributed by atoms with E-state index in [-0.39, 0.29) is 4.90 Å². The second-order valence-corrected chi connectivity index (χ2v) is 8.62. The van der Waals surface area contributed by atoms with Crippen LogP contribution in [0.1, 0.15) is 0 Å². The summed E-state index contributed by atoms with van der Waals surface area (Å²) in [5.41, 5.74) is 1.96. The smallest absolute Gasteiger partial charge is 0.229 e. The highest BCUT2D eigenvalue weighted by Gasteiger charge is 2.10. The Morgan fingerprint density at radius 2 is 1.85 bits per heavy atom. The summed E-state index contributed by atoms with van der Waals surface area (Å²) in [5.74, 6) is 1.09. The van der Waals surface area contributed by atoms with Gasteiger partial charge >= 0.3 is 0 Å². The van der Waals surface area contributed by atoms with Gasteiger partial charge in [-0.2, -0.15) is 4.98 Å². The average Bonchev–Trinajstić information content (AvgIpc) is 3.11. The number of benzene rings is 1. The monoisotopic (exact) mass is 398 g/mol. The highest BCUT2D eigenvalue weighted by Crippen LogP contribution is 2.26. The lowest BCUT2D eigenvalue weighted by Gasteiger charge is -2.06. The van der Waals surface area contributed by atoms with E-state index in [4.69, 9.17) is 4.42 Å². The van der Waals surface area contributed by atoms with Gasteiger partial charge in [-0.05, 0) is 60.5 Å². The maximum Gasteiger partial charge on any atom is 0.229 e. The van der Waals surface area contributed by atoms with Crippen molar-refractivity contribution in [1.82, 2.24) is 15.0 Å². The van der Waals surface area contributed by atoms with Gasteiger partial charge in [0.2, 0.25) is 5.89 Å². The van der Waals surface area contributed by atoms with E-state index in [1.807, 2.05) is 18.2 Å². The van der Waals surface area contributed by atoms with Gasteiger partial charge in [0, 0.05) is 29.1 Å². The Kier molecular flexibility index (Phi) is 4.54. The van der Waals surface area contributed by atoms with Crippen LogP contribution in [0, 0.1) is 0 Å². The molecule has 0 unspecified atom stereocenters. The number of hydrogen-bond acceptors (Lipinski definition) is 8. The Balaban J connectivity index is 1.51. The van der Waals surface area contributed by atoms with Crippen molar-refractivity contribution in [3.8, 4) is 11.5 Å². The summed E-state index contributed by atoms with van der Waals surface area (Å²) in [6, 6.07) is 13.9. The van der Waals surface area contributed by atoms with Crippen LogP contribution in [0.5, 0.6) is 0 Å². The molecule has 7 nitrogen and oxygen atoms in total. The molecule has 136 valence electrons. The second kappa shape index (κ2) is 7.01. The molecule has 3 heterocycles. The highest BCUT2D eigenvalue weighted by molar-refractivity contribution is 8.00. The number of fused-ring (bicyclic) bond motifs is 1. The predicted octanol–water partition coefficient (Wildman–Crippen LogP) is 3.81. The van der Waals surface area contributed by atoms with Crippen LogP contribution < -0.4 is 4.72 Å². The molecule has 0 aliphatic heterocycles. The number of nitrogens with one attached hydrogen (secondary N) is 1. The lowest BCUT2D eigenvalue weighted by Crippen LogP contribution is -1.96. The van der Waals surface area contributed by atoms with Gasteiger partial charge in [0.05, 0.1) is 4.90 Å². The molecule has 0 atom stereocenters. The van der Waals surface area contributed by atoms with Gasteiger partial charge in [-0.3, -0.25) is 0 Å². The lowest BCUT2D eigenvalue weighted by molar-refractivity contribution is 0.602. The molecule has 1 aromatic carbocycles. The Labute approximate surface area is 159 Å². The zero-order chi connectivity index (χ0) is 18.9. The van der Waals surface area contributed by atoms with Gasteiger partial charge in [-0.1, -0.05) is 0 Å². The molecule has 0 aliphatic carbocycles. The minimum atomic E-state index is -3.20. The molecule has 4 aromatic rings. The lowest BCUT2D eigenvalue weighted by atomic mass is 10.2. The zero-order valence-corrected chi connectivity index (χ0v) is 15.8. The molecule has 0 fully saturated rings. The summed E-state index contributed by atoms with van der Waals surface area (Å²) in [7, 11) is -3.20. The number of rotatable bonds is 5. The van der Waals surface area contributed by atoms with E-state index in [9.17, 15) is 8.42 Å². The number of pyridine rings is 2. The molecular formula is C18H14N4O3S2. The zero-order valence-electron chi connectivity index (χ0n) is 14.2. The molecule has 0 aliphatic rings. The normalized spacial score (nSPS) is 11.6. The minimum absolute atomic E-state index is 0.288. The fraction of sp³-hybridized carbons (Fsp3) is 0.0556. The van der Waals surface area contributed by atoms with Crippen molar-refractivity contribution in [2.24, 2.45) is 0 Å². The van der Waals surface area contributed by atoms with Gasteiger partial charge in [0.15, 0.2) is 21.1 Å². The number of anilines is 1. The number of nitrogens with zero attached hydrogens (tertiary/aromatic N) is 3. The van der Waals surface area contributed by atoms with E-state index in [0.717, 1.165) is 10.5 Å². The third-order valence-electron chi connectivity index (χ3n) is 3.70. The SMILES string of the molecule is CS(=O)(=O)c1ccc(SNc2cc(-c3nc4ncccc4o3)ccn2)cc1. The standard InChI is InChI=1S/C18H14N4O3S2/c1-27(23,24)14-6-4-13(5-7-14)26-22-16-11-12(8-10-19-16)18-21-17-15(25-18)3-2-9-20-17/h2-11H,1H3,(H,19,22). The number of hydrogen-bond donors (Lipinski definition) is 1. The van der Waals surface area contributed by atoms with E-state index >= 15 is 0 Å². The van der Waals surface area contributed by atoms with Crippen LogP contribution in [0.3, 0.4) is 0 Å². The Hall–Kier alpha value is -2.91. The Morgan fingerprint density at radius 3 is 2.59 bits per heavy atom. The molecule has 1 N–H and O–H groups in total. The maximum atomic E-state index is 11.5. The molecule has 0 radical (unpaired) electrons. The highest BCUT2D eigenvalue weighted by atomic mass is 32.2. The van der Waals surface area contributed by atoms with E-state index < -0.39 is 9.84 Å². The van der Waals surface area contributed by atoms with Crippen molar-refractivity contribution >= 4 is 38.8 Å². The summed E-state index contributed by atoms with van der Waals surface area (Å²) in [5, 5.41) is 0. The first kappa shape index (κ1) is 17.5. The van der Waals surface area contributed by atoms with Gasteiger partial charge in [0.1, 0.15) is 5.82 Å². The van der Waals surface area contributed by atoms with Crippen molar-refractivity contribution in [2.45, 2.75) is 9.79 Å². The van der Waals surface area contributed by atoms with Gasteiger partial charge in [-0.25, -0.2) is 18.4 Å². The summed E-state index contributed by atoms with van der Waals surface area (Å²) in [4.78, 5) is 14.0. The maximum absolute atomic E-state index is 11.5. The fourth-order valence-electron chi connectivity index (χ4n) is 2.38. The third-order valence-corrected chi connectivity index (χ3v) is 5.64. The fourth-order valence-corrected chi connectivity index (χ4v) is 3.61. The number of sulfone groups is 1. The van der Waals surface area contributed by atoms with Crippen molar-refractivity contribution in [1.29, 1.82) is 0 Å². The van der Waals surface area contributed by atoms with Crippen LogP contribution in [0.25, 0.3) is 22.7 Å². The van der Waals surface area contributed by atoms with Gasteiger partial charge in [-0.15, -0.1) is 0 Å². The first-order valence-electron chi connectivity index (χ1n) is 7.90. The number of oxazole rings is 1. The quantitative estimate of drug-likeness (QED) is 0.507. The first-order chi connectivity index (χ1) is 13.0. The first-order valence-corrected chi connectivity index (χ1v) is 10.6. The molecule has 0 spiro atoms.